The van der Waals surface area contributed by atoms with Crippen molar-refractivity contribution < 1.29 is 14.3 Å². The summed E-state index contributed by atoms with van der Waals surface area (Å²) in [7, 11) is 0. The van der Waals surface area contributed by atoms with E-state index in [1.807, 2.05) is 32.0 Å². The summed E-state index contributed by atoms with van der Waals surface area (Å²) in [5.74, 6) is 0.498. The summed E-state index contributed by atoms with van der Waals surface area (Å²) in [4.78, 5) is 22.1. The summed E-state index contributed by atoms with van der Waals surface area (Å²) >= 11 is 6.47. The lowest BCUT2D eigenvalue weighted by Gasteiger charge is -2.32. The number of halogens is 1. The van der Waals surface area contributed by atoms with Crippen LogP contribution in [0.5, 0.6) is 0 Å². The van der Waals surface area contributed by atoms with Crippen molar-refractivity contribution in [2.45, 2.75) is 51.5 Å². The zero-order valence-corrected chi connectivity index (χ0v) is 18.5. The van der Waals surface area contributed by atoms with Gasteiger partial charge >= 0.3 is 6.09 Å². The highest BCUT2D eigenvalue weighted by Crippen LogP contribution is 2.43. The molecule has 1 amide bonds. The van der Waals surface area contributed by atoms with Crippen LogP contribution in [-0.2, 0) is 14.9 Å². The topological polar surface area (TPSA) is 64.0 Å². The maximum absolute atomic E-state index is 12.8. The van der Waals surface area contributed by atoms with Crippen molar-refractivity contribution in [3.63, 3.8) is 0 Å². The van der Waals surface area contributed by atoms with E-state index in [-0.39, 0.29) is 17.6 Å². The minimum atomic E-state index is -0.620. The molecular weight excluding hydrogens is 402 g/mol. The van der Waals surface area contributed by atoms with E-state index >= 15 is 0 Å². The van der Waals surface area contributed by atoms with Crippen LogP contribution in [0.2, 0.25) is 0 Å². The van der Waals surface area contributed by atoms with Gasteiger partial charge in [-0.25, -0.2) is 9.79 Å². The summed E-state index contributed by atoms with van der Waals surface area (Å²) in [5, 5.41) is 0. The van der Waals surface area contributed by atoms with Crippen LogP contribution in [0.15, 0.2) is 41.5 Å². The molecule has 1 aromatic carbocycles. The highest BCUT2D eigenvalue weighted by molar-refractivity contribution is 6.36. The van der Waals surface area contributed by atoms with Crippen molar-refractivity contribution in [3.05, 3.63) is 47.7 Å². The molecule has 2 aliphatic heterocycles. The Morgan fingerprint density at radius 2 is 1.87 bits per heavy atom. The van der Waals surface area contributed by atoms with E-state index in [0.717, 1.165) is 28.4 Å². The third-order valence-electron chi connectivity index (χ3n) is 6.03. The molecule has 0 saturated heterocycles. The number of carbonyl (C=O) groups excluding carboxylic acids is 1. The van der Waals surface area contributed by atoms with Gasteiger partial charge in [0.1, 0.15) is 13.2 Å². The van der Waals surface area contributed by atoms with Crippen LogP contribution in [0.25, 0.3) is 11.3 Å². The second kappa shape index (κ2) is 7.58. The molecule has 158 valence electrons. The van der Waals surface area contributed by atoms with Gasteiger partial charge in [-0.15, -0.1) is 0 Å². The van der Waals surface area contributed by atoms with Gasteiger partial charge < -0.3 is 9.47 Å². The number of anilines is 1. The van der Waals surface area contributed by atoms with Gasteiger partial charge in [0.15, 0.2) is 0 Å². The number of rotatable bonds is 3. The Hall–Kier alpha value is -2.60. The first-order chi connectivity index (χ1) is 14.3. The van der Waals surface area contributed by atoms with Crippen LogP contribution in [0, 0.1) is 0 Å². The smallest absolute Gasteiger partial charge is 0.429 e. The van der Waals surface area contributed by atoms with Gasteiger partial charge in [0.05, 0.1) is 22.5 Å². The standard InChI is InChI=1S/C23H26ClN3O3/c1-5-23(6-2)14-30-21(28)27(24)18-11-15(20-26-22(3,4)13-29-20)12-25-19(18)16-9-7-8-10-17(16)23/h7-12H,5-6,13-14H2,1-4H3. The van der Waals surface area contributed by atoms with E-state index in [4.69, 9.17) is 26.2 Å². The lowest BCUT2D eigenvalue weighted by molar-refractivity contribution is 0.120. The van der Waals surface area contributed by atoms with Gasteiger partial charge in [0.2, 0.25) is 5.90 Å². The van der Waals surface area contributed by atoms with E-state index in [9.17, 15) is 4.79 Å². The molecule has 0 bridgehead atoms. The van der Waals surface area contributed by atoms with Gasteiger partial charge in [-0.05, 0) is 38.3 Å². The molecule has 0 spiro atoms. The minimum Gasteiger partial charge on any atom is -0.475 e. The number of amides is 1. The van der Waals surface area contributed by atoms with Crippen molar-refractivity contribution in [1.82, 2.24) is 4.98 Å². The Bertz CT molecular complexity index is 1010. The number of carbonyl (C=O) groups is 1. The molecule has 0 saturated carbocycles. The summed E-state index contributed by atoms with van der Waals surface area (Å²) in [6.07, 6.45) is 2.75. The minimum absolute atomic E-state index is 0.254. The summed E-state index contributed by atoms with van der Waals surface area (Å²) in [6.45, 7) is 8.97. The predicted molar refractivity (Wildman–Crippen MR) is 118 cm³/mol. The number of nitrogens with zero attached hydrogens (tertiary/aromatic N) is 3. The monoisotopic (exact) mass is 427 g/mol. The number of hydrogen-bond donors (Lipinski definition) is 0. The molecule has 1 aromatic heterocycles. The largest absolute Gasteiger partial charge is 0.475 e. The molecule has 2 aromatic rings. The zero-order valence-electron chi connectivity index (χ0n) is 17.7. The Labute approximate surface area is 182 Å². The summed E-state index contributed by atoms with van der Waals surface area (Å²) < 4.78 is 12.4. The normalized spacial score (nSPS) is 19.4. The van der Waals surface area contributed by atoms with Crippen molar-refractivity contribution in [2.24, 2.45) is 4.99 Å². The first-order valence-electron chi connectivity index (χ1n) is 10.3. The molecule has 2 aliphatic rings. The van der Waals surface area contributed by atoms with E-state index in [2.05, 4.69) is 24.9 Å². The van der Waals surface area contributed by atoms with Gasteiger partial charge in [-0.2, -0.15) is 4.42 Å². The molecule has 0 atom stereocenters. The first kappa shape index (κ1) is 20.7. The SMILES string of the molecule is CCC1(CC)COC(=O)N(Cl)c2cc(C3=NC(C)(C)CO3)cnc2-c2ccccc21. The van der Waals surface area contributed by atoms with Crippen molar-refractivity contribution in [3.8, 4) is 11.3 Å². The third-order valence-corrected chi connectivity index (χ3v) is 6.35. The number of aromatic nitrogens is 1. The average Bonchev–Trinajstić information content (AvgIpc) is 3.14. The average molecular weight is 428 g/mol. The van der Waals surface area contributed by atoms with Gasteiger partial charge in [-0.3, -0.25) is 4.98 Å². The quantitative estimate of drug-likeness (QED) is 0.609. The van der Waals surface area contributed by atoms with Crippen molar-refractivity contribution >= 4 is 29.5 Å². The predicted octanol–water partition coefficient (Wildman–Crippen LogP) is 5.47. The number of pyridine rings is 1. The lowest BCUT2D eigenvalue weighted by atomic mass is 9.74. The molecule has 30 heavy (non-hydrogen) atoms. The van der Waals surface area contributed by atoms with Crippen LogP contribution in [-0.4, -0.2) is 35.7 Å². The van der Waals surface area contributed by atoms with Crippen molar-refractivity contribution in [2.75, 3.05) is 17.6 Å². The summed E-state index contributed by atoms with van der Waals surface area (Å²) in [5.41, 5.74) is 3.19. The number of benzene rings is 1. The molecular formula is C23H26ClN3O3. The number of hydrogen-bond acceptors (Lipinski definition) is 5. The van der Waals surface area contributed by atoms with E-state index < -0.39 is 6.09 Å². The van der Waals surface area contributed by atoms with Gasteiger partial charge in [-0.1, -0.05) is 38.1 Å². The highest BCUT2D eigenvalue weighted by Gasteiger charge is 2.37. The lowest BCUT2D eigenvalue weighted by Crippen LogP contribution is -2.33. The second-order valence-corrected chi connectivity index (χ2v) is 8.82. The van der Waals surface area contributed by atoms with E-state index in [1.54, 1.807) is 12.3 Å². The van der Waals surface area contributed by atoms with Crippen LogP contribution >= 0.6 is 11.8 Å². The van der Waals surface area contributed by atoms with Gasteiger partial charge in [0, 0.05) is 29.0 Å². The zero-order chi connectivity index (χ0) is 21.5. The molecule has 0 aliphatic carbocycles. The Balaban J connectivity index is 1.93. The van der Waals surface area contributed by atoms with Crippen molar-refractivity contribution in [1.29, 1.82) is 0 Å². The van der Waals surface area contributed by atoms with E-state index in [0.29, 0.717) is 29.4 Å². The van der Waals surface area contributed by atoms with Crippen LogP contribution in [0.1, 0.15) is 51.7 Å². The fourth-order valence-corrected chi connectivity index (χ4v) is 4.26. The fourth-order valence-electron chi connectivity index (χ4n) is 4.08. The van der Waals surface area contributed by atoms with Crippen LogP contribution in [0.3, 0.4) is 0 Å². The van der Waals surface area contributed by atoms with Crippen LogP contribution in [0.4, 0.5) is 10.5 Å². The molecule has 4 rings (SSSR count). The second-order valence-electron chi connectivity index (χ2n) is 8.48. The molecule has 3 heterocycles. The highest BCUT2D eigenvalue weighted by atomic mass is 35.5. The third kappa shape index (κ3) is 3.43. The Morgan fingerprint density at radius 1 is 1.13 bits per heavy atom. The molecule has 0 unspecified atom stereocenters. The maximum atomic E-state index is 12.8. The summed E-state index contributed by atoms with van der Waals surface area (Å²) in [6, 6.07) is 9.88. The number of ether oxygens (including phenoxy) is 2. The van der Waals surface area contributed by atoms with Gasteiger partial charge in [0.25, 0.3) is 0 Å². The number of cyclic esters (lactones) is 1. The Morgan fingerprint density at radius 3 is 2.53 bits per heavy atom. The molecule has 0 fully saturated rings. The number of fused-ring (bicyclic) bond motifs is 3. The maximum Gasteiger partial charge on any atom is 0.429 e. The molecule has 0 radical (unpaired) electrons. The molecule has 0 N–H and O–H groups in total. The fraction of sp³-hybridized carbons (Fsp3) is 0.435. The van der Waals surface area contributed by atoms with Crippen LogP contribution < -0.4 is 4.42 Å². The first-order valence-corrected chi connectivity index (χ1v) is 10.6. The molecule has 7 heteroatoms. The van der Waals surface area contributed by atoms with E-state index in [1.165, 1.54) is 0 Å². The Kier molecular flexibility index (Phi) is 5.22. The number of aliphatic imine (C=N–C) groups is 1. The molecule has 6 nitrogen and oxygen atoms in total.